The van der Waals surface area contributed by atoms with E-state index in [0.29, 0.717) is 6.04 Å². The van der Waals surface area contributed by atoms with Crippen molar-refractivity contribution in [1.29, 1.82) is 0 Å². The molecule has 6 nitrogen and oxygen atoms in total. The first-order chi connectivity index (χ1) is 14.2. The maximum atomic E-state index is 4.61. The first kappa shape index (κ1) is 24.2. The van der Waals surface area contributed by atoms with Gasteiger partial charge in [-0.25, -0.2) is 4.98 Å². The maximum Gasteiger partial charge on any atom is 0.191 e. The zero-order valence-electron chi connectivity index (χ0n) is 18.6. The highest BCUT2D eigenvalue weighted by atomic mass is 127. The number of piperidine rings is 1. The van der Waals surface area contributed by atoms with Gasteiger partial charge in [-0.15, -0.1) is 35.3 Å². The molecule has 30 heavy (non-hydrogen) atoms. The van der Waals surface area contributed by atoms with E-state index in [4.69, 9.17) is 0 Å². The Morgan fingerprint density at radius 2 is 1.93 bits per heavy atom. The lowest BCUT2D eigenvalue weighted by atomic mass is 9.97. The summed E-state index contributed by atoms with van der Waals surface area (Å²) in [6.45, 7) is 8.90. The van der Waals surface area contributed by atoms with Crippen LogP contribution in [0, 0.1) is 12.8 Å². The SMILES string of the molecule is CN=C(NCC1CCN(Cc2csc(C)n2)CC1)NC1CCN(C2CCCC2)C1.I. The van der Waals surface area contributed by atoms with Crippen molar-refractivity contribution in [2.45, 2.75) is 70.5 Å². The van der Waals surface area contributed by atoms with Gasteiger partial charge in [0, 0.05) is 50.7 Å². The molecule has 1 aromatic rings. The van der Waals surface area contributed by atoms with Gasteiger partial charge < -0.3 is 10.6 Å². The second kappa shape index (κ2) is 12.0. The van der Waals surface area contributed by atoms with E-state index < -0.39 is 0 Å². The van der Waals surface area contributed by atoms with E-state index in [1.165, 1.54) is 81.8 Å². The molecule has 170 valence electrons. The van der Waals surface area contributed by atoms with Gasteiger partial charge in [-0.05, 0) is 58.0 Å². The van der Waals surface area contributed by atoms with Crippen LogP contribution in [-0.4, -0.2) is 72.6 Å². The van der Waals surface area contributed by atoms with Crippen LogP contribution in [0.15, 0.2) is 10.4 Å². The summed E-state index contributed by atoms with van der Waals surface area (Å²) in [5.74, 6) is 1.73. The predicted molar refractivity (Wildman–Crippen MR) is 137 cm³/mol. The monoisotopic (exact) mass is 546 g/mol. The molecule has 2 aliphatic heterocycles. The third kappa shape index (κ3) is 6.77. The van der Waals surface area contributed by atoms with Crippen molar-refractivity contribution >= 4 is 41.3 Å². The van der Waals surface area contributed by atoms with Crippen LogP contribution in [0.2, 0.25) is 0 Å². The van der Waals surface area contributed by atoms with Gasteiger partial charge in [0.15, 0.2) is 5.96 Å². The minimum absolute atomic E-state index is 0. The summed E-state index contributed by atoms with van der Waals surface area (Å²) >= 11 is 1.76. The Kier molecular flexibility index (Phi) is 9.65. The van der Waals surface area contributed by atoms with Crippen LogP contribution in [0.4, 0.5) is 0 Å². The Balaban J connectivity index is 0.00000256. The van der Waals surface area contributed by atoms with Gasteiger partial charge in [-0.1, -0.05) is 12.8 Å². The fourth-order valence-electron chi connectivity index (χ4n) is 5.19. The van der Waals surface area contributed by atoms with Crippen molar-refractivity contribution in [3.63, 3.8) is 0 Å². The molecule has 3 aliphatic rings. The van der Waals surface area contributed by atoms with Crippen LogP contribution in [0.5, 0.6) is 0 Å². The fourth-order valence-corrected chi connectivity index (χ4v) is 5.80. The average molecular weight is 547 g/mol. The number of aliphatic imine (C=N–C) groups is 1. The number of halogens is 1. The topological polar surface area (TPSA) is 55.8 Å². The van der Waals surface area contributed by atoms with Gasteiger partial charge in [-0.3, -0.25) is 14.8 Å². The summed E-state index contributed by atoms with van der Waals surface area (Å²) < 4.78 is 0. The molecule has 2 saturated heterocycles. The van der Waals surface area contributed by atoms with Gasteiger partial charge in [0.1, 0.15) is 0 Å². The average Bonchev–Trinajstić information content (AvgIpc) is 3.48. The molecule has 2 N–H and O–H groups in total. The number of rotatable bonds is 6. The molecule has 0 spiro atoms. The van der Waals surface area contributed by atoms with E-state index in [0.717, 1.165) is 31.0 Å². The third-order valence-electron chi connectivity index (χ3n) is 6.94. The van der Waals surface area contributed by atoms with Crippen molar-refractivity contribution in [1.82, 2.24) is 25.4 Å². The zero-order valence-corrected chi connectivity index (χ0v) is 21.8. The number of guanidine groups is 1. The van der Waals surface area contributed by atoms with Crippen molar-refractivity contribution in [2.24, 2.45) is 10.9 Å². The van der Waals surface area contributed by atoms with E-state index in [-0.39, 0.29) is 24.0 Å². The van der Waals surface area contributed by atoms with Crippen molar-refractivity contribution in [3.8, 4) is 0 Å². The molecule has 3 fully saturated rings. The van der Waals surface area contributed by atoms with Gasteiger partial charge >= 0.3 is 0 Å². The second-order valence-corrected chi connectivity index (χ2v) is 10.2. The van der Waals surface area contributed by atoms with Crippen LogP contribution >= 0.6 is 35.3 Å². The fraction of sp³-hybridized carbons (Fsp3) is 0.818. The Labute approximate surface area is 203 Å². The van der Waals surface area contributed by atoms with Crippen molar-refractivity contribution in [2.75, 3.05) is 39.8 Å². The first-order valence-corrected chi connectivity index (χ1v) is 12.4. The Bertz CT molecular complexity index is 666. The molecule has 1 aliphatic carbocycles. The van der Waals surface area contributed by atoms with Crippen molar-refractivity contribution in [3.05, 3.63) is 16.1 Å². The highest BCUT2D eigenvalue weighted by Gasteiger charge is 2.30. The summed E-state index contributed by atoms with van der Waals surface area (Å²) in [5.41, 5.74) is 1.23. The van der Waals surface area contributed by atoms with Crippen LogP contribution in [0.1, 0.15) is 55.6 Å². The van der Waals surface area contributed by atoms with Crippen LogP contribution < -0.4 is 10.6 Å². The number of hydrogen-bond donors (Lipinski definition) is 2. The van der Waals surface area contributed by atoms with Gasteiger partial charge in [0.2, 0.25) is 0 Å². The molecule has 1 unspecified atom stereocenters. The van der Waals surface area contributed by atoms with Crippen molar-refractivity contribution < 1.29 is 0 Å². The molecule has 0 aromatic carbocycles. The van der Waals surface area contributed by atoms with Crippen LogP contribution in [0.3, 0.4) is 0 Å². The summed E-state index contributed by atoms with van der Waals surface area (Å²) in [6.07, 6.45) is 9.40. The molecule has 8 heteroatoms. The lowest BCUT2D eigenvalue weighted by Gasteiger charge is -2.32. The molecule has 1 saturated carbocycles. The molecule has 1 aromatic heterocycles. The van der Waals surface area contributed by atoms with E-state index in [1.807, 2.05) is 7.05 Å². The smallest absolute Gasteiger partial charge is 0.191 e. The highest BCUT2D eigenvalue weighted by Crippen LogP contribution is 2.26. The number of nitrogens with zero attached hydrogens (tertiary/aromatic N) is 4. The minimum Gasteiger partial charge on any atom is -0.356 e. The largest absolute Gasteiger partial charge is 0.356 e. The van der Waals surface area contributed by atoms with Crippen LogP contribution in [0.25, 0.3) is 0 Å². The minimum atomic E-state index is 0. The van der Waals surface area contributed by atoms with Gasteiger partial charge in [-0.2, -0.15) is 0 Å². The van der Waals surface area contributed by atoms with E-state index in [2.05, 4.69) is 42.7 Å². The molecule has 0 radical (unpaired) electrons. The lowest BCUT2D eigenvalue weighted by Crippen LogP contribution is -2.47. The summed E-state index contributed by atoms with van der Waals surface area (Å²) in [5, 5.41) is 10.7. The lowest BCUT2D eigenvalue weighted by molar-refractivity contribution is 0.176. The summed E-state index contributed by atoms with van der Waals surface area (Å²) in [6, 6.07) is 1.39. The molecular formula is C22H39IN6S. The molecule has 0 amide bonds. The van der Waals surface area contributed by atoms with Gasteiger partial charge in [0.05, 0.1) is 10.7 Å². The molecule has 1 atom stereocenters. The first-order valence-electron chi connectivity index (χ1n) is 11.5. The number of likely N-dealkylation sites (tertiary alicyclic amines) is 2. The number of aryl methyl sites for hydroxylation is 1. The normalized spacial score (nSPS) is 24.9. The van der Waals surface area contributed by atoms with Crippen LogP contribution in [-0.2, 0) is 6.54 Å². The van der Waals surface area contributed by atoms with E-state index in [9.17, 15) is 0 Å². The van der Waals surface area contributed by atoms with Gasteiger partial charge in [0.25, 0.3) is 0 Å². The number of thiazole rings is 1. The van der Waals surface area contributed by atoms with E-state index in [1.54, 1.807) is 11.3 Å². The second-order valence-electron chi connectivity index (χ2n) is 9.09. The summed E-state index contributed by atoms with van der Waals surface area (Å²) in [4.78, 5) is 14.4. The maximum absolute atomic E-state index is 4.61. The molecule has 0 bridgehead atoms. The number of nitrogens with one attached hydrogen (secondary N) is 2. The third-order valence-corrected chi connectivity index (χ3v) is 7.77. The number of aromatic nitrogens is 1. The molecular weight excluding hydrogens is 507 g/mol. The quantitative estimate of drug-likeness (QED) is 0.325. The predicted octanol–water partition coefficient (Wildman–Crippen LogP) is 3.46. The Hall–Kier alpha value is -0.450. The van der Waals surface area contributed by atoms with E-state index >= 15 is 0 Å². The standard InChI is InChI=1S/C22H38N6S.HI/c1-17-25-20(16-29-17)14-27-10-7-18(8-11-27)13-24-22(23-2)26-19-9-12-28(15-19)21-5-3-4-6-21;/h16,18-19,21H,3-15H2,1-2H3,(H2,23,24,26);1H. The molecule has 4 rings (SSSR count). The molecule has 3 heterocycles. The Morgan fingerprint density at radius 3 is 2.60 bits per heavy atom. The Morgan fingerprint density at radius 1 is 1.17 bits per heavy atom. The highest BCUT2D eigenvalue weighted by molar-refractivity contribution is 14.0. The zero-order chi connectivity index (χ0) is 20.1. The number of hydrogen-bond acceptors (Lipinski definition) is 5. The summed E-state index contributed by atoms with van der Waals surface area (Å²) in [7, 11) is 1.90.